The van der Waals surface area contributed by atoms with Crippen LogP contribution in [0.4, 0.5) is 5.95 Å². The summed E-state index contributed by atoms with van der Waals surface area (Å²) in [6.45, 7) is 2.29. The van der Waals surface area contributed by atoms with Crippen LogP contribution in [0.1, 0.15) is 11.3 Å². The normalized spacial score (nSPS) is 11.8. The molecule has 4 N–H and O–H groups in total. The Morgan fingerprint density at radius 2 is 2.21 bits per heavy atom. The van der Waals surface area contributed by atoms with Gasteiger partial charge < -0.3 is 10.3 Å². The zero-order valence-electron chi connectivity index (χ0n) is 13.7. The van der Waals surface area contributed by atoms with E-state index in [2.05, 4.69) is 43.2 Å². The molecule has 0 aliphatic rings. The highest BCUT2D eigenvalue weighted by Gasteiger charge is 2.05. The quantitative estimate of drug-likeness (QED) is 0.500. The number of guanidine groups is 1. The molecule has 0 aliphatic heterocycles. The average molecular weight is 324 g/mol. The van der Waals surface area contributed by atoms with E-state index in [1.807, 2.05) is 19.2 Å². The summed E-state index contributed by atoms with van der Waals surface area (Å²) in [7, 11) is 2.03. The third-order valence-electron chi connectivity index (χ3n) is 3.76. The van der Waals surface area contributed by atoms with Gasteiger partial charge in [-0.25, -0.2) is 4.98 Å². The topological polar surface area (TPSA) is 101 Å². The number of benzene rings is 1. The maximum atomic E-state index is 11.4. The Balaban J connectivity index is 1.68. The van der Waals surface area contributed by atoms with Gasteiger partial charge in [0.05, 0.1) is 0 Å². The third kappa shape index (κ3) is 3.45. The van der Waals surface area contributed by atoms with Crippen LogP contribution in [0.2, 0.25) is 0 Å². The molecule has 0 aliphatic carbocycles. The van der Waals surface area contributed by atoms with Crippen molar-refractivity contribution in [2.45, 2.75) is 13.3 Å². The fraction of sp³-hybridized carbons (Fsp3) is 0.235. The number of hydrogen-bond acceptors (Lipinski definition) is 3. The van der Waals surface area contributed by atoms with Crippen LogP contribution < -0.4 is 16.6 Å². The first-order valence-electron chi connectivity index (χ1n) is 7.71. The lowest BCUT2D eigenvalue weighted by Gasteiger charge is -2.05. The maximum absolute atomic E-state index is 11.4. The number of rotatable bonds is 4. The Hall–Kier alpha value is -3.09. The van der Waals surface area contributed by atoms with Crippen LogP contribution in [0.15, 0.2) is 46.3 Å². The zero-order chi connectivity index (χ0) is 17.1. The van der Waals surface area contributed by atoms with Gasteiger partial charge in [0, 0.05) is 42.5 Å². The number of fused-ring (bicyclic) bond motifs is 1. The van der Waals surface area contributed by atoms with E-state index in [1.165, 1.54) is 22.5 Å². The summed E-state index contributed by atoms with van der Waals surface area (Å²) in [6, 6.07) is 9.68. The van der Waals surface area contributed by atoms with E-state index in [1.54, 1.807) is 6.92 Å². The smallest absolute Gasteiger partial charge is 0.252 e. The molecule has 3 aromatic rings. The Labute approximate surface area is 139 Å². The fourth-order valence-electron chi connectivity index (χ4n) is 2.72. The molecule has 0 bridgehead atoms. The Bertz CT molecular complexity index is 953. The maximum Gasteiger partial charge on any atom is 0.252 e. The van der Waals surface area contributed by atoms with Gasteiger partial charge in [-0.2, -0.15) is 0 Å². The van der Waals surface area contributed by atoms with Gasteiger partial charge in [0.15, 0.2) is 5.96 Å². The molecule has 0 spiro atoms. The summed E-state index contributed by atoms with van der Waals surface area (Å²) in [5.41, 5.74) is 8.67. The van der Waals surface area contributed by atoms with Crippen molar-refractivity contribution in [2.75, 3.05) is 11.9 Å². The number of nitrogens with one attached hydrogen (secondary N) is 2. The SMILES string of the molecule is Cc1cc(=O)[nH]c(NC(N)=NCCc2cn(C)c3ccccc23)n1. The first kappa shape index (κ1) is 15.8. The minimum Gasteiger partial charge on any atom is -0.370 e. The van der Waals surface area contributed by atoms with Gasteiger partial charge in [-0.3, -0.25) is 20.1 Å². The van der Waals surface area contributed by atoms with Crippen molar-refractivity contribution < 1.29 is 0 Å². The van der Waals surface area contributed by atoms with Crippen molar-refractivity contribution in [1.82, 2.24) is 14.5 Å². The number of nitrogens with zero attached hydrogens (tertiary/aromatic N) is 3. The number of aromatic nitrogens is 3. The van der Waals surface area contributed by atoms with Gasteiger partial charge in [-0.15, -0.1) is 0 Å². The predicted molar refractivity (Wildman–Crippen MR) is 96.3 cm³/mol. The lowest BCUT2D eigenvalue weighted by Crippen LogP contribution is -2.26. The zero-order valence-corrected chi connectivity index (χ0v) is 13.7. The monoisotopic (exact) mass is 324 g/mol. The van der Waals surface area contributed by atoms with Crippen LogP contribution in [0.25, 0.3) is 10.9 Å². The number of aliphatic imine (C=N–C) groups is 1. The molecule has 3 rings (SSSR count). The summed E-state index contributed by atoms with van der Waals surface area (Å²) < 4.78 is 2.11. The Morgan fingerprint density at radius 1 is 1.42 bits per heavy atom. The Kier molecular flexibility index (Phi) is 4.33. The number of nitrogens with two attached hydrogens (primary N) is 1. The molecule has 7 heteroatoms. The molecule has 0 unspecified atom stereocenters. The van der Waals surface area contributed by atoms with Crippen molar-refractivity contribution >= 4 is 22.8 Å². The highest BCUT2D eigenvalue weighted by molar-refractivity contribution is 5.90. The fourth-order valence-corrected chi connectivity index (χ4v) is 2.72. The largest absolute Gasteiger partial charge is 0.370 e. The first-order chi connectivity index (χ1) is 11.5. The van der Waals surface area contributed by atoms with E-state index in [9.17, 15) is 4.79 Å². The molecule has 2 aromatic heterocycles. The molecular formula is C17H20N6O. The van der Waals surface area contributed by atoms with Gasteiger partial charge in [0.1, 0.15) is 0 Å². The van der Waals surface area contributed by atoms with Crippen molar-refractivity contribution in [2.24, 2.45) is 17.8 Å². The number of aromatic amines is 1. The van der Waals surface area contributed by atoms with Crippen LogP contribution in [0.5, 0.6) is 0 Å². The highest BCUT2D eigenvalue weighted by atomic mass is 16.1. The molecule has 0 radical (unpaired) electrons. The molecule has 7 nitrogen and oxygen atoms in total. The third-order valence-corrected chi connectivity index (χ3v) is 3.76. The second kappa shape index (κ2) is 6.57. The molecule has 24 heavy (non-hydrogen) atoms. The van der Waals surface area contributed by atoms with E-state index < -0.39 is 0 Å². The van der Waals surface area contributed by atoms with E-state index in [0.717, 1.165) is 6.42 Å². The number of H-pyrrole nitrogens is 1. The molecule has 1 aromatic carbocycles. The van der Waals surface area contributed by atoms with Gasteiger partial charge >= 0.3 is 0 Å². The van der Waals surface area contributed by atoms with Crippen LogP contribution in [-0.4, -0.2) is 27.0 Å². The van der Waals surface area contributed by atoms with E-state index in [-0.39, 0.29) is 11.5 Å². The van der Waals surface area contributed by atoms with Gasteiger partial charge in [-0.05, 0) is 25.0 Å². The second-order valence-corrected chi connectivity index (χ2v) is 5.66. The van der Waals surface area contributed by atoms with Gasteiger partial charge in [0.2, 0.25) is 5.95 Å². The molecule has 0 fully saturated rings. The van der Waals surface area contributed by atoms with E-state index >= 15 is 0 Å². The van der Waals surface area contributed by atoms with Crippen molar-refractivity contribution in [3.05, 3.63) is 58.1 Å². The van der Waals surface area contributed by atoms with E-state index in [4.69, 9.17) is 5.73 Å². The van der Waals surface area contributed by atoms with Crippen molar-refractivity contribution in [1.29, 1.82) is 0 Å². The summed E-state index contributed by atoms with van der Waals surface area (Å²) in [5, 5.41) is 4.04. The molecule has 0 saturated heterocycles. The average Bonchev–Trinajstić information content (AvgIpc) is 2.83. The number of anilines is 1. The number of para-hydroxylation sites is 1. The Morgan fingerprint density at radius 3 is 3.00 bits per heavy atom. The number of aryl methyl sites for hydroxylation is 2. The molecular weight excluding hydrogens is 304 g/mol. The van der Waals surface area contributed by atoms with Gasteiger partial charge in [0.25, 0.3) is 5.56 Å². The summed E-state index contributed by atoms with van der Waals surface area (Å²) >= 11 is 0. The standard InChI is InChI=1S/C17H20N6O/c1-11-9-15(24)21-17(20-11)22-16(18)19-8-7-12-10-23(2)14-6-4-3-5-13(12)14/h3-6,9-10H,7-8H2,1-2H3,(H4,18,19,20,21,22,24). The minimum atomic E-state index is -0.228. The van der Waals surface area contributed by atoms with Crippen molar-refractivity contribution in [3.8, 4) is 0 Å². The van der Waals surface area contributed by atoms with Crippen LogP contribution in [0.3, 0.4) is 0 Å². The second-order valence-electron chi connectivity index (χ2n) is 5.66. The van der Waals surface area contributed by atoms with Crippen LogP contribution >= 0.6 is 0 Å². The lowest BCUT2D eigenvalue weighted by atomic mass is 10.1. The van der Waals surface area contributed by atoms with Crippen molar-refractivity contribution in [3.63, 3.8) is 0 Å². The predicted octanol–water partition coefficient (Wildman–Crippen LogP) is 1.54. The molecule has 124 valence electrons. The summed E-state index contributed by atoms with van der Waals surface area (Å²) in [4.78, 5) is 22.4. The summed E-state index contributed by atoms with van der Waals surface area (Å²) in [5.74, 6) is 0.524. The first-order valence-corrected chi connectivity index (χ1v) is 7.71. The molecule has 0 atom stereocenters. The minimum absolute atomic E-state index is 0.226. The van der Waals surface area contributed by atoms with Crippen LogP contribution in [-0.2, 0) is 13.5 Å². The lowest BCUT2D eigenvalue weighted by molar-refractivity contribution is 0.927. The summed E-state index contributed by atoms with van der Waals surface area (Å²) in [6.07, 6.45) is 2.89. The number of hydrogen-bond donors (Lipinski definition) is 3. The molecule has 0 saturated carbocycles. The highest BCUT2D eigenvalue weighted by Crippen LogP contribution is 2.20. The van der Waals surface area contributed by atoms with E-state index in [0.29, 0.717) is 18.2 Å². The van der Waals surface area contributed by atoms with Crippen LogP contribution in [0, 0.1) is 6.92 Å². The van der Waals surface area contributed by atoms with Gasteiger partial charge in [-0.1, -0.05) is 18.2 Å². The molecule has 0 amide bonds. The molecule has 2 heterocycles.